The summed E-state index contributed by atoms with van der Waals surface area (Å²) in [6, 6.07) is 2.36. The summed E-state index contributed by atoms with van der Waals surface area (Å²) in [6.07, 6.45) is 4.03. The normalized spacial score (nSPS) is 19.1. The summed E-state index contributed by atoms with van der Waals surface area (Å²) in [6.45, 7) is 6.99. The molecular weight excluding hydrogens is 252 g/mol. The molecule has 1 unspecified atom stereocenters. The van der Waals surface area contributed by atoms with Crippen LogP contribution in [0.15, 0.2) is 12.3 Å². The Morgan fingerprint density at radius 1 is 1.55 bits per heavy atom. The number of aryl methyl sites for hydroxylation is 1. The predicted molar refractivity (Wildman–Crippen MR) is 81.1 cm³/mol. The molecule has 1 aliphatic rings. The fourth-order valence-electron chi connectivity index (χ4n) is 2.80. The molecule has 1 amide bonds. The summed E-state index contributed by atoms with van der Waals surface area (Å²) < 4.78 is 0. The summed E-state index contributed by atoms with van der Waals surface area (Å²) in [5.74, 6) is -0.0511. The zero-order chi connectivity index (χ0) is 14.5. The summed E-state index contributed by atoms with van der Waals surface area (Å²) in [4.78, 5) is 18.9. The van der Waals surface area contributed by atoms with Crippen molar-refractivity contribution in [2.24, 2.45) is 0 Å². The average Bonchev–Trinajstić information content (AvgIpc) is 2.92. The molecule has 0 spiro atoms. The number of anilines is 1. The lowest BCUT2D eigenvalue weighted by Crippen LogP contribution is -2.40. The van der Waals surface area contributed by atoms with Crippen LogP contribution in [0.3, 0.4) is 0 Å². The molecule has 0 radical (unpaired) electrons. The summed E-state index contributed by atoms with van der Waals surface area (Å²) in [7, 11) is 1.82. The highest BCUT2D eigenvalue weighted by Gasteiger charge is 2.23. The lowest BCUT2D eigenvalue weighted by Gasteiger charge is -2.23. The topological polar surface area (TPSA) is 57.3 Å². The van der Waals surface area contributed by atoms with E-state index < -0.39 is 0 Å². The minimum absolute atomic E-state index is 0.0511. The van der Waals surface area contributed by atoms with Crippen molar-refractivity contribution in [2.45, 2.75) is 32.7 Å². The molecule has 0 aromatic carbocycles. The molecule has 2 heterocycles. The first-order valence-corrected chi connectivity index (χ1v) is 7.32. The zero-order valence-electron chi connectivity index (χ0n) is 12.6. The van der Waals surface area contributed by atoms with Gasteiger partial charge in [-0.15, -0.1) is 0 Å². The van der Waals surface area contributed by atoms with Crippen molar-refractivity contribution in [1.29, 1.82) is 0 Å². The summed E-state index contributed by atoms with van der Waals surface area (Å²) in [5.41, 5.74) is 2.34. The molecule has 110 valence electrons. The number of hydrogen-bond acceptors (Lipinski definition) is 4. The van der Waals surface area contributed by atoms with Crippen molar-refractivity contribution in [3.05, 3.63) is 23.5 Å². The standard InChI is InChI=1S/C15H24N4O/c1-4-19-7-5-6-12(19)9-18-15(20)13-10-17-11(2)8-14(13)16-3/h8,10,12H,4-7,9H2,1-3H3,(H,16,17)(H,18,20). The number of likely N-dealkylation sites (tertiary alicyclic amines) is 1. The first-order valence-electron chi connectivity index (χ1n) is 7.32. The Morgan fingerprint density at radius 3 is 3.05 bits per heavy atom. The van der Waals surface area contributed by atoms with E-state index >= 15 is 0 Å². The van der Waals surface area contributed by atoms with Gasteiger partial charge in [-0.3, -0.25) is 14.7 Å². The SMILES string of the molecule is CCN1CCCC1CNC(=O)c1cnc(C)cc1NC. The maximum Gasteiger partial charge on any atom is 0.255 e. The molecule has 0 bridgehead atoms. The molecule has 1 aromatic heterocycles. The molecule has 2 N–H and O–H groups in total. The Balaban J connectivity index is 1.98. The Bertz CT molecular complexity index is 475. The zero-order valence-corrected chi connectivity index (χ0v) is 12.6. The molecule has 1 aromatic rings. The Kier molecular flexibility index (Phi) is 4.95. The van der Waals surface area contributed by atoms with Gasteiger partial charge in [0.2, 0.25) is 0 Å². The largest absolute Gasteiger partial charge is 0.387 e. The van der Waals surface area contributed by atoms with Gasteiger partial charge in [0.05, 0.1) is 11.3 Å². The van der Waals surface area contributed by atoms with E-state index in [4.69, 9.17) is 0 Å². The minimum atomic E-state index is -0.0511. The number of pyridine rings is 1. The van der Waals surface area contributed by atoms with Gasteiger partial charge in [0, 0.05) is 31.5 Å². The van der Waals surface area contributed by atoms with Gasteiger partial charge in [-0.2, -0.15) is 0 Å². The van der Waals surface area contributed by atoms with Crippen LogP contribution in [-0.4, -0.2) is 48.5 Å². The second kappa shape index (κ2) is 6.70. The van der Waals surface area contributed by atoms with Crippen molar-refractivity contribution in [3.8, 4) is 0 Å². The van der Waals surface area contributed by atoms with E-state index in [2.05, 4.69) is 27.4 Å². The van der Waals surface area contributed by atoms with Gasteiger partial charge >= 0.3 is 0 Å². The fraction of sp³-hybridized carbons (Fsp3) is 0.600. The van der Waals surface area contributed by atoms with Crippen molar-refractivity contribution < 1.29 is 4.79 Å². The molecule has 1 fully saturated rings. The van der Waals surface area contributed by atoms with Gasteiger partial charge in [-0.05, 0) is 38.9 Å². The summed E-state index contributed by atoms with van der Waals surface area (Å²) >= 11 is 0. The van der Waals surface area contributed by atoms with Gasteiger partial charge in [-0.25, -0.2) is 0 Å². The van der Waals surface area contributed by atoms with Gasteiger partial charge < -0.3 is 10.6 Å². The van der Waals surface area contributed by atoms with Crippen molar-refractivity contribution in [2.75, 3.05) is 32.0 Å². The van der Waals surface area contributed by atoms with E-state index in [0.717, 1.165) is 24.5 Å². The number of carbonyl (C=O) groups is 1. The van der Waals surface area contributed by atoms with Crippen LogP contribution in [0, 0.1) is 6.92 Å². The molecule has 1 atom stereocenters. The second-order valence-electron chi connectivity index (χ2n) is 5.26. The van der Waals surface area contributed by atoms with E-state index in [9.17, 15) is 4.79 Å². The number of rotatable bonds is 5. The maximum absolute atomic E-state index is 12.3. The lowest BCUT2D eigenvalue weighted by atomic mass is 10.1. The molecule has 0 saturated carbocycles. The smallest absolute Gasteiger partial charge is 0.255 e. The first-order chi connectivity index (χ1) is 9.65. The third kappa shape index (κ3) is 3.28. The molecule has 1 saturated heterocycles. The number of amides is 1. The van der Waals surface area contributed by atoms with Crippen LogP contribution in [0.25, 0.3) is 0 Å². The second-order valence-corrected chi connectivity index (χ2v) is 5.26. The summed E-state index contributed by atoms with van der Waals surface area (Å²) in [5, 5.41) is 6.09. The average molecular weight is 276 g/mol. The Labute approximate surface area is 120 Å². The number of hydrogen-bond donors (Lipinski definition) is 2. The molecule has 2 rings (SSSR count). The van der Waals surface area contributed by atoms with Crippen LogP contribution in [0.5, 0.6) is 0 Å². The van der Waals surface area contributed by atoms with E-state index in [1.807, 2.05) is 20.0 Å². The predicted octanol–water partition coefficient (Wildman–Crippen LogP) is 1.65. The molecular formula is C15H24N4O. The molecule has 20 heavy (non-hydrogen) atoms. The van der Waals surface area contributed by atoms with Crippen LogP contribution in [0.2, 0.25) is 0 Å². The van der Waals surface area contributed by atoms with E-state index in [0.29, 0.717) is 18.2 Å². The minimum Gasteiger partial charge on any atom is -0.387 e. The molecule has 5 nitrogen and oxygen atoms in total. The first kappa shape index (κ1) is 14.8. The molecule has 1 aliphatic heterocycles. The number of nitrogens with one attached hydrogen (secondary N) is 2. The van der Waals surface area contributed by atoms with Gasteiger partial charge in [0.15, 0.2) is 0 Å². The number of nitrogens with zero attached hydrogens (tertiary/aromatic N) is 2. The van der Waals surface area contributed by atoms with Crippen LogP contribution >= 0.6 is 0 Å². The molecule has 0 aliphatic carbocycles. The highest BCUT2D eigenvalue weighted by atomic mass is 16.1. The van der Waals surface area contributed by atoms with Crippen LogP contribution in [0.4, 0.5) is 5.69 Å². The van der Waals surface area contributed by atoms with E-state index in [-0.39, 0.29) is 5.91 Å². The van der Waals surface area contributed by atoms with E-state index in [1.165, 1.54) is 12.8 Å². The fourth-order valence-corrected chi connectivity index (χ4v) is 2.80. The van der Waals surface area contributed by atoms with Gasteiger partial charge in [-0.1, -0.05) is 6.92 Å². The van der Waals surface area contributed by atoms with Gasteiger partial charge in [0.1, 0.15) is 0 Å². The maximum atomic E-state index is 12.3. The highest BCUT2D eigenvalue weighted by molar-refractivity contribution is 5.99. The van der Waals surface area contributed by atoms with Crippen molar-refractivity contribution >= 4 is 11.6 Å². The molecule has 5 heteroatoms. The highest BCUT2D eigenvalue weighted by Crippen LogP contribution is 2.17. The Morgan fingerprint density at radius 2 is 2.35 bits per heavy atom. The number of aromatic nitrogens is 1. The third-order valence-electron chi connectivity index (χ3n) is 3.96. The number of likely N-dealkylation sites (N-methyl/N-ethyl adjacent to an activating group) is 1. The Hall–Kier alpha value is -1.62. The number of carbonyl (C=O) groups excluding carboxylic acids is 1. The van der Waals surface area contributed by atoms with Gasteiger partial charge in [0.25, 0.3) is 5.91 Å². The van der Waals surface area contributed by atoms with Crippen LogP contribution < -0.4 is 10.6 Å². The quantitative estimate of drug-likeness (QED) is 0.858. The van der Waals surface area contributed by atoms with E-state index in [1.54, 1.807) is 6.20 Å². The van der Waals surface area contributed by atoms with Crippen molar-refractivity contribution in [3.63, 3.8) is 0 Å². The third-order valence-corrected chi connectivity index (χ3v) is 3.96. The van der Waals surface area contributed by atoms with Crippen LogP contribution in [0.1, 0.15) is 35.8 Å². The van der Waals surface area contributed by atoms with Crippen LogP contribution in [-0.2, 0) is 0 Å². The van der Waals surface area contributed by atoms with Crippen molar-refractivity contribution in [1.82, 2.24) is 15.2 Å². The lowest BCUT2D eigenvalue weighted by molar-refractivity contribution is 0.0942. The monoisotopic (exact) mass is 276 g/mol.